The van der Waals surface area contributed by atoms with Gasteiger partial charge in [0.2, 0.25) is 5.88 Å². The lowest BCUT2D eigenvalue weighted by molar-refractivity contribution is 0.402. The van der Waals surface area contributed by atoms with E-state index >= 15 is 0 Å². The third kappa shape index (κ3) is 5.40. The van der Waals surface area contributed by atoms with Crippen molar-refractivity contribution in [3.63, 3.8) is 0 Å². The van der Waals surface area contributed by atoms with Gasteiger partial charge in [-0.1, -0.05) is 0 Å². The molecule has 0 atom stereocenters. The van der Waals surface area contributed by atoms with Crippen LogP contribution in [0.25, 0.3) is 0 Å². The molecule has 0 radical (unpaired) electrons. The first kappa shape index (κ1) is 20.4. The van der Waals surface area contributed by atoms with Crippen LogP contribution in [-0.4, -0.2) is 29.2 Å². The molecule has 0 unspecified atom stereocenters. The maximum atomic E-state index is 6.01. The molecule has 4 rings (SSSR count). The summed E-state index contributed by atoms with van der Waals surface area (Å²) in [5.74, 6) is 2.99. The summed E-state index contributed by atoms with van der Waals surface area (Å²) in [4.78, 5) is 13.0. The molecule has 0 aliphatic heterocycles. The number of nitrogens with zero attached hydrogens (tertiary/aromatic N) is 3. The summed E-state index contributed by atoms with van der Waals surface area (Å²) in [6, 6.07) is 14.5. The normalized spacial score (nSPS) is 10.4. The molecule has 0 bridgehead atoms. The SMILES string of the molecule is COc1ccc(Oc2ncc(NCc3nccs3)c(Oc3ccc(OC)cc3)n2)cc1. The number of rotatable bonds is 9. The molecule has 0 aliphatic rings. The molecule has 0 saturated carbocycles. The number of hydrogen-bond donors (Lipinski definition) is 1. The van der Waals surface area contributed by atoms with Crippen LogP contribution in [0.15, 0.2) is 66.3 Å². The Bertz CT molecular complexity index is 1100. The number of ether oxygens (including phenoxy) is 4. The zero-order chi connectivity index (χ0) is 21.5. The number of methoxy groups -OCH3 is 2. The minimum absolute atomic E-state index is 0.161. The Labute approximate surface area is 183 Å². The second kappa shape index (κ2) is 9.77. The van der Waals surface area contributed by atoms with Crippen molar-refractivity contribution in [2.24, 2.45) is 0 Å². The third-order valence-corrected chi connectivity index (χ3v) is 4.97. The van der Waals surface area contributed by atoms with Gasteiger partial charge in [-0.15, -0.1) is 11.3 Å². The van der Waals surface area contributed by atoms with E-state index in [0.717, 1.165) is 16.5 Å². The third-order valence-electron chi connectivity index (χ3n) is 4.19. The van der Waals surface area contributed by atoms with Crippen molar-refractivity contribution in [2.45, 2.75) is 6.54 Å². The molecule has 4 aromatic rings. The van der Waals surface area contributed by atoms with Crippen molar-refractivity contribution in [1.29, 1.82) is 0 Å². The van der Waals surface area contributed by atoms with Crippen LogP contribution in [0.3, 0.4) is 0 Å². The smallest absolute Gasteiger partial charge is 0.325 e. The summed E-state index contributed by atoms with van der Waals surface area (Å²) < 4.78 is 22.2. The first-order valence-corrected chi connectivity index (χ1v) is 10.2. The highest BCUT2D eigenvalue weighted by Crippen LogP contribution is 2.31. The monoisotopic (exact) mass is 436 g/mol. The van der Waals surface area contributed by atoms with E-state index < -0.39 is 0 Å². The van der Waals surface area contributed by atoms with Crippen LogP contribution in [0.1, 0.15) is 5.01 Å². The molecule has 0 amide bonds. The van der Waals surface area contributed by atoms with Gasteiger partial charge in [-0.25, -0.2) is 9.97 Å². The largest absolute Gasteiger partial charge is 0.497 e. The molecule has 1 N–H and O–H groups in total. The van der Waals surface area contributed by atoms with E-state index in [2.05, 4.69) is 20.3 Å². The first-order valence-electron chi connectivity index (χ1n) is 9.36. The summed E-state index contributed by atoms with van der Waals surface area (Å²) in [6.07, 6.45) is 3.39. The zero-order valence-electron chi connectivity index (χ0n) is 16.9. The van der Waals surface area contributed by atoms with Crippen LogP contribution in [0, 0.1) is 0 Å². The summed E-state index contributed by atoms with van der Waals surface area (Å²) >= 11 is 1.56. The number of anilines is 1. The van der Waals surface area contributed by atoms with Gasteiger partial charge in [0.1, 0.15) is 33.7 Å². The van der Waals surface area contributed by atoms with Crippen LogP contribution in [0.4, 0.5) is 5.69 Å². The molecule has 8 nitrogen and oxygen atoms in total. The molecule has 0 spiro atoms. The molecule has 0 fully saturated rings. The van der Waals surface area contributed by atoms with E-state index in [1.54, 1.807) is 74.3 Å². The lowest BCUT2D eigenvalue weighted by atomic mass is 10.3. The number of aromatic nitrogens is 3. The number of hydrogen-bond acceptors (Lipinski definition) is 9. The summed E-state index contributed by atoms with van der Waals surface area (Å²) in [7, 11) is 3.23. The summed E-state index contributed by atoms with van der Waals surface area (Å²) in [5.41, 5.74) is 0.619. The van der Waals surface area contributed by atoms with Crippen molar-refractivity contribution in [3.8, 4) is 34.9 Å². The lowest BCUT2D eigenvalue weighted by Gasteiger charge is -2.13. The maximum Gasteiger partial charge on any atom is 0.325 e. The van der Waals surface area contributed by atoms with Gasteiger partial charge in [-0.05, 0) is 48.5 Å². The standard InChI is InChI=1S/C22H20N4O4S/c1-27-15-3-7-17(8-4-15)29-21-19(24-14-20-23-11-12-31-20)13-25-22(26-21)30-18-9-5-16(28-2)6-10-18/h3-13,24H,14H2,1-2H3. The molecule has 158 valence electrons. The fourth-order valence-electron chi connectivity index (χ4n) is 2.61. The Morgan fingerprint density at radius 2 is 1.42 bits per heavy atom. The van der Waals surface area contributed by atoms with Crippen molar-refractivity contribution < 1.29 is 18.9 Å². The predicted molar refractivity (Wildman–Crippen MR) is 118 cm³/mol. The van der Waals surface area contributed by atoms with Crippen molar-refractivity contribution >= 4 is 17.0 Å². The van der Waals surface area contributed by atoms with Gasteiger partial charge in [-0.3, -0.25) is 0 Å². The minimum Gasteiger partial charge on any atom is -0.497 e. The fraction of sp³-hybridized carbons (Fsp3) is 0.136. The Kier molecular flexibility index (Phi) is 6.44. The molecule has 2 heterocycles. The highest BCUT2D eigenvalue weighted by Gasteiger charge is 2.12. The average Bonchev–Trinajstić information content (AvgIpc) is 3.33. The Balaban J connectivity index is 1.56. The Morgan fingerprint density at radius 3 is 2.00 bits per heavy atom. The first-order chi connectivity index (χ1) is 15.2. The van der Waals surface area contributed by atoms with Gasteiger partial charge in [-0.2, -0.15) is 4.98 Å². The van der Waals surface area contributed by atoms with Crippen LogP contribution in [0.5, 0.6) is 34.9 Å². The molecule has 0 aliphatic carbocycles. The van der Waals surface area contributed by atoms with E-state index in [1.807, 2.05) is 17.5 Å². The van der Waals surface area contributed by atoms with Crippen molar-refractivity contribution in [3.05, 3.63) is 71.3 Å². The molecule has 0 saturated heterocycles. The van der Waals surface area contributed by atoms with Crippen molar-refractivity contribution in [2.75, 3.05) is 19.5 Å². The molecule has 9 heteroatoms. The van der Waals surface area contributed by atoms with Gasteiger partial charge in [0, 0.05) is 11.6 Å². The number of nitrogens with one attached hydrogen (secondary N) is 1. The van der Waals surface area contributed by atoms with E-state index in [1.165, 1.54) is 0 Å². The summed E-state index contributed by atoms with van der Waals surface area (Å²) in [6.45, 7) is 0.526. The quantitative estimate of drug-likeness (QED) is 0.386. The van der Waals surface area contributed by atoms with Gasteiger partial charge >= 0.3 is 6.01 Å². The molecular formula is C22H20N4O4S. The van der Waals surface area contributed by atoms with Gasteiger partial charge in [0.05, 0.1) is 27.0 Å². The van der Waals surface area contributed by atoms with Crippen LogP contribution < -0.4 is 24.3 Å². The minimum atomic E-state index is 0.161. The maximum absolute atomic E-state index is 6.01. The van der Waals surface area contributed by atoms with E-state index in [4.69, 9.17) is 18.9 Å². The number of benzene rings is 2. The van der Waals surface area contributed by atoms with Gasteiger partial charge < -0.3 is 24.3 Å². The Morgan fingerprint density at radius 1 is 0.806 bits per heavy atom. The van der Waals surface area contributed by atoms with E-state index in [0.29, 0.717) is 29.6 Å². The number of thiazole rings is 1. The fourth-order valence-corrected chi connectivity index (χ4v) is 3.17. The zero-order valence-corrected chi connectivity index (χ0v) is 17.8. The second-order valence-electron chi connectivity index (χ2n) is 6.21. The second-order valence-corrected chi connectivity index (χ2v) is 7.19. The van der Waals surface area contributed by atoms with E-state index in [-0.39, 0.29) is 6.01 Å². The summed E-state index contributed by atoms with van der Waals surface area (Å²) in [5, 5.41) is 6.13. The van der Waals surface area contributed by atoms with E-state index in [9.17, 15) is 0 Å². The van der Waals surface area contributed by atoms with Crippen molar-refractivity contribution in [1.82, 2.24) is 15.0 Å². The average molecular weight is 436 g/mol. The molecule has 2 aromatic heterocycles. The van der Waals surface area contributed by atoms with Gasteiger partial charge in [0.25, 0.3) is 0 Å². The highest BCUT2D eigenvalue weighted by molar-refractivity contribution is 7.09. The van der Waals surface area contributed by atoms with Crippen LogP contribution in [0.2, 0.25) is 0 Å². The molecule has 2 aromatic carbocycles. The lowest BCUT2D eigenvalue weighted by Crippen LogP contribution is -2.04. The molecule has 31 heavy (non-hydrogen) atoms. The topological polar surface area (TPSA) is 87.6 Å². The molecular weight excluding hydrogens is 416 g/mol. The Hall–Kier alpha value is -3.85. The highest BCUT2D eigenvalue weighted by atomic mass is 32.1. The van der Waals surface area contributed by atoms with Crippen LogP contribution in [-0.2, 0) is 6.54 Å². The van der Waals surface area contributed by atoms with Crippen LogP contribution >= 0.6 is 11.3 Å². The van der Waals surface area contributed by atoms with Gasteiger partial charge in [0.15, 0.2) is 0 Å². The predicted octanol–water partition coefficient (Wildman–Crippen LogP) is 5.15.